The summed E-state index contributed by atoms with van der Waals surface area (Å²) in [7, 11) is 0. The van der Waals surface area contributed by atoms with Crippen LogP contribution in [-0.4, -0.2) is 0 Å². The minimum Gasteiger partial charge on any atom is -0.206 e. The van der Waals surface area contributed by atoms with E-state index in [0.717, 1.165) is 23.3 Å². The highest BCUT2D eigenvalue weighted by atomic mass is 35.5. The summed E-state index contributed by atoms with van der Waals surface area (Å²) in [5.41, 5.74) is 2.74. The maximum atomic E-state index is 14.8. The number of benzene rings is 2. The van der Waals surface area contributed by atoms with E-state index in [1.54, 1.807) is 6.07 Å². The van der Waals surface area contributed by atoms with Crippen molar-refractivity contribution < 1.29 is 4.39 Å². The second-order valence-electron chi connectivity index (χ2n) is 9.67. The summed E-state index contributed by atoms with van der Waals surface area (Å²) in [6.07, 6.45) is 13.7. The fourth-order valence-corrected chi connectivity index (χ4v) is 5.65. The van der Waals surface area contributed by atoms with Gasteiger partial charge in [-0.2, -0.15) is 0 Å². The van der Waals surface area contributed by atoms with Gasteiger partial charge in [0.2, 0.25) is 0 Å². The van der Waals surface area contributed by atoms with Gasteiger partial charge in [0.1, 0.15) is 5.82 Å². The SMILES string of the molecule is CC1CCC(CCC2CCC(c3ccc(-c4ccc(Cl)cc4)c(F)c3)CC2)CC1. The van der Waals surface area contributed by atoms with Crippen molar-refractivity contribution in [3.63, 3.8) is 0 Å². The van der Waals surface area contributed by atoms with Gasteiger partial charge in [-0.3, -0.25) is 0 Å². The van der Waals surface area contributed by atoms with E-state index in [2.05, 4.69) is 13.0 Å². The van der Waals surface area contributed by atoms with Crippen molar-refractivity contribution in [2.24, 2.45) is 17.8 Å². The summed E-state index contributed by atoms with van der Waals surface area (Å²) in [5, 5.41) is 0.681. The lowest BCUT2D eigenvalue weighted by atomic mass is 9.74. The third kappa shape index (κ3) is 5.43. The normalized spacial score (nSPS) is 27.7. The highest BCUT2D eigenvalue weighted by molar-refractivity contribution is 6.30. The van der Waals surface area contributed by atoms with E-state index < -0.39 is 0 Å². The van der Waals surface area contributed by atoms with Crippen LogP contribution in [-0.2, 0) is 0 Å². The maximum Gasteiger partial charge on any atom is 0.131 e. The van der Waals surface area contributed by atoms with E-state index in [1.165, 1.54) is 69.8 Å². The average Bonchev–Trinajstić information content (AvgIpc) is 2.74. The lowest BCUT2D eigenvalue weighted by molar-refractivity contribution is 0.237. The summed E-state index contributed by atoms with van der Waals surface area (Å²) in [6, 6.07) is 13.3. The Kier molecular flexibility index (Phi) is 6.96. The molecule has 0 unspecified atom stereocenters. The van der Waals surface area contributed by atoms with Crippen LogP contribution in [0.4, 0.5) is 4.39 Å². The average molecular weight is 413 g/mol. The predicted octanol–water partition coefficient (Wildman–Crippen LogP) is 9.03. The first-order valence-electron chi connectivity index (χ1n) is 11.6. The van der Waals surface area contributed by atoms with Crippen molar-refractivity contribution in [3.8, 4) is 11.1 Å². The molecule has 0 N–H and O–H groups in total. The molecule has 156 valence electrons. The number of halogens is 2. The first-order chi connectivity index (χ1) is 14.1. The Bertz CT molecular complexity index is 781. The van der Waals surface area contributed by atoms with E-state index in [1.807, 2.05) is 30.3 Å². The Labute approximate surface area is 180 Å². The predicted molar refractivity (Wildman–Crippen MR) is 122 cm³/mol. The van der Waals surface area contributed by atoms with Crippen molar-refractivity contribution in [1.29, 1.82) is 0 Å². The van der Waals surface area contributed by atoms with Gasteiger partial charge >= 0.3 is 0 Å². The molecule has 0 radical (unpaired) electrons. The second-order valence-corrected chi connectivity index (χ2v) is 10.1. The van der Waals surface area contributed by atoms with Crippen molar-refractivity contribution in [2.45, 2.75) is 77.0 Å². The third-order valence-electron chi connectivity index (χ3n) is 7.59. The molecule has 0 aromatic heterocycles. The Morgan fingerprint density at radius 1 is 0.793 bits per heavy atom. The largest absolute Gasteiger partial charge is 0.206 e. The second kappa shape index (κ2) is 9.65. The molecule has 0 aliphatic heterocycles. The van der Waals surface area contributed by atoms with Crippen LogP contribution in [0.25, 0.3) is 11.1 Å². The molecule has 2 aromatic rings. The quantitative estimate of drug-likeness (QED) is 0.459. The van der Waals surface area contributed by atoms with Crippen molar-refractivity contribution in [2.75, 3.05) is 0 Å². The number of hydrogen-bond donors (Lipinski definition) is 0. The highest BCUT2D eigenvalue weighted by Gasteiger charge is 2.25. The zero-order valence-corrected chi connectivity index (χ0v) is 18.4. The molecule has 0 atom stereocenters. The van der Waals surface area contributed by atoms with Crippen LogP contribution < -0.4 is 0 Å². The molecule has 2 fully saturated rings. The van der Waals surface area contributed by atoms with E-state index in [4.69, 9.17) is 11.6 Å². The van der Waals surface area contributed by atoms with Crippen LogP contribution in [0, 0.1) is 23.6 Å². The smallest absolute Gasteiger partial charge is 0.131 e. The van der Waals surface area contributed by atoms with Gasteiger partial charge in [0.25, 0.3) is 0 Å². The van der Waals surface area contributed by atoms with Gasteiger partial charge in [-0.05, 0) is 78.7 Å². The molecule has 2 saturated carbocycles. The summed E-state index contributed by atoms with van der Waals surface area (Å²) in [5.74, 6) is 3.24. The molecular weight excluding hydrogens is 379 g/mol. The van der Waals surface area contributed by atoms with Crippen LogP contribution in [0.15, 0.2) is 42.5 Å². The topological polar surface area (TPSA) is 0 Å². The van der Waals surface area contributed by atoms with Crippen LogP contribution >= 0.6 is 11.6 Å². The van der Waals surface area contributed by atoms with Gasteiger partial charge in [-0.25, -0.2) is 4.39 Å². The van der Waals surface area contributed by atoms with E-state index >= 15 is 0 Å². The molecule has 0 amide bonds. The van der Waals surface area contributed by atoms with Gasteiger partial charge in [0.15, 0.2) is 0 Å². The van der Waals surface area contributed by atoms with Gasteiger partial charge < -0.3 is 0 Å². The first kappa shape index (κ1) is 20.9. The molecule has 2 heteroatoms. The van der Waals surface area contributed by atoms with E-state index in [9.17, 15) is 4.39 Å². The van der Waals surface area contributed by atoms with Gasteiger partial charge in [-0.1, -0.05) is 81.3 Å². The maximum absolute atomic E-state index is 14.8. The Morgan fingerprint density at radius 3 is 1.97 bits per heavy atom. The van der Waals surface area contributed by atoms with Crippen LogP contribution in [0.5, 0.6) is 0 Å². The van der Waals surface area contributed by atoms with Crippen LogP contribution in [0.3, 0.4) is 0 Å². The van der Waals surface area contributed by atoms with Crippen LogP contribution in [0.2, 0.25) is 5.02 Å². The number of hydrogen-bond acceptors (Lipinski definition) is 0. The molecule has 0 heterocycles. The minimum absolute atomic E-state index is 0.113. The molecular formula is C27H34ClF. The van der Waals surface area contributed by atoms with E-state index in [0.29, 0.717) is 16.5 Å². The fourth-order valence-electron chi connectivity index (χ4n) is 5.52. The van der Waals surface area contributed by atoms with Crippen molar-refractivity contribution in [1.82, 2.24) is 0 Å². The monoisotopic (exact) mass is 412 g/mol. The van der Waals surface area contributed by atoms with Gasteiger partial charge in [-0.15, -0.1) is 0 Å². The summed E-state index contributed by atoms with van der Waals surface area (Å²) < 4.78 is 14.8. The molecule has 4 rings (SSSR count). The molecule has 29 heavy (non-hydrogen) atoms. The highest BCUT2D eigenvalue weighted by Crippen LogP contribution is 2.40. The molecule has 2 aromatic carbocycles. The third-order valence-corrected chi connectivity index (χ3v) is 7.84. The molecule has 2 aliphatic carbocycles. The first-order valence-corrected chi connectivity index (χ1v) is 12.0. The standard InChI is InChI=1S/C27H34ClF/c1-19-2-4-20(5-3-19)6-7-21-8-10-22(11-9-21)24-14-17-26(27(29)18-24)23-12-15-25(28)16-13-23/h12-22H,2-11H2,1H3. The molecule has 0 nitrogen and oxygen atoms in total. The number of rotatable bonds is 5. The van der Waals surface area contributed by atoms with E-state index in [-0.39, 0.29) is 5.82 Å². The summed E-state index contributed by atoms with van der Waals surface area (Å²) >= 11 is 5.96. The molecule has 0 bridgehead atoms. The minimum atomic E-state index is -0.113. The Balaban J connectivity index is 1.29. The van der Waals surface area contributed by atoms with Gasteiger partial charge in [0.05, 0.1) is 0 Å². The van der Waals surface area contributed by atoms with Crippen molar-refractivity contribution >= 4 is 11.6 Å². The molecule has 0 spiro atoms. The molecule has 0 saturated heterocycles. The zero-order chi connectivity index (χ0) is 20.2. The lowest BCUT2D eigenvalue weighted by Crippen LogP contribution is -2.17. The van der Waals surface area contributed by atoms with Crippen LogP contribution in [0.1, 0.15) is 82.6 Å². The fraction of sp³-hybridized carbons (Fsp3) is 0.556. The molecule has 2 aliphatic rings. The summed E-state index contributed by atoms with van der Waals surface area (Å²) in [6.45, 7) is 2.41. The zero-order valence-electron chi connectivity index (χ0n) is 17.7. The lowest BCUT2D eigenvalue weighted by Gasteiger charge is -2.31. The van der Waals surface area contributed by atoms with Gasteiger partial charge in [0, 0.05) is 10.6 Å². The Hall–Kier alpha value is -1.34. The summed E-state index contributed by atoms with van der Waals surface area (Å²) in [4.78, 5) is 0. The Morgan fingerprint density at radius 2 is 1.38 bits per heavy atom. The van der Waals surface area contributed by atoms with Crippen molar-refractivity contribution in [3.05, 3.63) is 58.9 Å².